The first-order valence-electron chi connectivity index (χ1n) is 9.87. The molecule has 1 N–H and O–H groups in total. The number of para-hydroxylation sites is 1. The maximum Gasteiger partial charge on any atom is 0.337 e. The van der Waals surface area contributed by atoms with Gasteiger partial charge in [0.05, 0.1) is 18.4 Å². The minimum absolute atomic E-state index is 0.336. The van der Waals surface area contributed by atoms with Crippen LogP contribution in [0.25, 0.3) is 23.0 Å². The van der Waals surface area contributed by atoms with E-state index in [4.69, 9.17) is 9.84 Å². The first-order chi connectivity index (χ1) is 15.6. The molecule has 0 aliphatic heterocycles. The monoisotopic (exact) mass is 424 g/mol. The van der Waals surface area contributed by atoms with Gasteiger partial charge in [-0.1, -0.05) is 24.3 Å². The lowest BCUT2D eigenvalue weighted by Gasteiger charge is -2.04. The van der Waals surface area contributed by atoms with E-state index in [9.17, 15) is 9.59 Å². The van der Waals surface area contributed by atoms with Gasteiger partial charge in [0, 0.05) is 41.5 Å². The van der Waals surface area contributed by atoms with Gasteiger partial charge >= 0.3 is 5.97 Å². The minimum atomic E-state index is -0.467. The maximum absolute atomic E-state index is 12.5. The standard InChI is InChI=1S/C25H20N4O3/c1-32-25(31)18-7-5-9-21(15-18)27-23(30)13-12-20-17-29(22-10-3-2-4-11-22)28-24(20)19-8-6-14-26-16-19/h2-17H,1H3,(H,27,30)/b13-12+. The van der Waals surface area contributed by atoms with E-state index in [2.05, 4.69) is 10.3 Å². The van der Waals surface area contributed by atoms with Gasteiger partial charge in [-0.3, -0.25) is 9.78 Å². The number of esters is 1. The van der Waals surface area contributed by atoms with Gasteiger partial charge in [0.15, 0.2) is 0 Å². The molecule has 2 aromatic carbocycles. The summed E-state index contributed by atoms with van der Waals surface area (Å²) in [5.41, 5.74) is 4.07. The summed E-state index contributed by atoms with van der Waals surface area (Å²) < 4.78 is 6.48. The topological polar surface area (TPSA) is 86.1 Å². The number of carbonyl (C=O) groups excluding carboxylic acids is 2. The summed E-state index contributed by atoms with van der Waals surface area (Å²) in [5.74, 6) is -0.803. The Bertz CT molecular complexity index is 1260. The van der Waals surface area contributed by atoms with Crippen molar-refractivity contribution in [3.8, 4) is 16.9 Å². The smallest absolute Gasteiger partial charge is 0.337 e. The molecule has 2 heterocycles. The largest absolute Gasteiger partial charge is 0.465 e. The van der Waals surface area contributed by atoms with E-state index < -0.39 is 5.97 Å². The fourth-order valence-electron chi connectivity index (χ4n) is 3.14. The zero-order valence-electron chi connectivity index (χ0n) is 17.3. The van der Waals surface area contributed by atoms with Crippen molar-refractivity contribution in [1.82, 2.24) is 14.8 Å². The number of ether oxygens (including phenoxy) is 1. The van der Waals surface area contributed by atoms with E-state index in [1.807, 2.05) is 48.7 Å². The fourth-order valence-corrected chi connectivity index (χ4v) is 3.14. The Labute approximate surface area is 185 Å². The molecule has 0 spiro atoms. The highest BCUT2D eigenvalue weighted by atomic mass is 16.5. The van der Waals surface area contributed by atoms with E-state index in [1.54, 1.807) is 47.4 Å². The highest BCUT2D eigenvalue weighted by molar-refractivity contribution is 6.03. The quantitative estimate of drug-likeness (QED) is 0.367. The van der Waals surface area contributed by atoms with Gasteiger partial charge in [-0.15, -0.1) is 0 Å². The number of nitrogens with zero attached hydrogens (tertiary/aromatic N) is 3. The lowest BCUT2D eigenvalue weighted by atomic mass is 10.1. The van der Waals surface area contributed by atoms with Gasteiger partial charge < -0.3 is 10.1 Å². The number of methoxy groups -OCH3 is 1. The zero-order chi connectivity index (χ0) is 22.3. The predicted molar refractivity (Wildman–Crippen MR) is 122 cm³/mol. The Balaban J connectivity index is 1.60. The molecule has 0 saturated heterocycles. The molecule has 2 aromatic heterocycles. The molecule has 0 aliphatic rings. The van der Waals surface area contributed by atoms with Crippen LogP contribution in [0.15, 0.2) is 91.4 Å². The van der Waals surface area contributed by atoms with Crippen molar-refractivity contribution < 1.29 is 14.3 Å². The average Bonchev–Trinajstić information content (AvgIpc) is 3.28. The molecule has 0 aliphatic carbocycles. The zero-order valence-corrected chi connectivity index (χ0v) is 17.3. The van der Waals surface area contributed by atoms with Crippen molar-refractivity contribution in [2.24, 2.45) is 0 Å². The predicted octanol–water partition coefficient (Wildman–Crippen LogP) is 4.37. The normalized spacial score (nSPS) is 10.8. The summed E-state index contributed by atoms with van der Waals surface area (Å²) in [4.78, 5) is 28.4. The molecule has 158 valence electrons. The van der Waals surface area contributed by atoms with Gasteiger partial charge in [-0.2, -0.15) is 5.10 Å². The molecule has 4 rings (SSSR count). The number of nitrogens with one attached hydrogen (secondary N) is 1. The van der Waals surface area contributed by atoms with Crippen LogP contribution in [-0.4, -0.2) is 33.8 Å². The third-order valence-corrected chi connectivity index (χ3v) is 4.66. The number of anilines is 1. The lowest BCUT2D eigenvalue weighted by molar-refractivity contribution is -0.111. The second-order valence-electron chi connectivity index (χ2n) is 6.85. The Morgan fingerprint density at radius 2 is 1.88 bits per heavy atom. The molecule has 32 heavy (non-hydrogen) atoms. The molecule has 0 fully saturated rings. The number of carbonyl (C=O) groups is 2. The SMILES string of the molecule is COC(=O)c1cccc(NC(=O)/C=C/c2cn(-c3ccccc3)nc2-c2cccnc2)c1. The van der Waals surface area contributed by atoms with Crippen LogP contribution in [0.2, 0.25) is 0 Å². The molecule has 0 atom stereocenters. The summed E-state index contributed by atoms with van der Waals surface area (Å²) in [7, 11) is 1.31. The first kappa shape index (κ1) is 20.7. The molecule has 0 radical (unpaired) electrons. The van der Waals surface area contributed by atoms with E-state index in [1.165, 1.54) is 13.2 Å². The van der Waals surface area contributed by atoms with E-state index in [0.717, 1.165) is 16.8 Å². The van der Waals surface area contributed by atoms with Crippen LogP contribution in [0, 0.1) is 0 Å². The summed E-state index contributed by atoms with van der Waals surface area (Å²) >= 11 is 0. The van der Waals surface area contributed by atoms with Crippen LogP contribution >= 0.6 is 0 Å². The Morgan fingerprint density at radius 1 is 1.03 bits per heavy atom. The molecule has 0 saturated carbocycles. The Morgan fingerprint density at radius 3 is 2.62 bits per heavy atom. The maximum atomic E-state index is 12.5. The van der Waals surface area contributed by atoms with Crippen molar-refractivity contribution in [1.29, 1.82) is 0 Å². The van der Waals surface area contributed by atoms with Crippen LogP contribution in [0.1, 0.15) is 15.9 Å². The van der Waals surface area contributed by atoms with Crippen molar-refractivity contribution in [2.45, 2.75) is 0 Å². The third kappa shape index (κ3) is 4.79. The summed E-state index contributed by atoms with van der Waals surface area (Å²) in [5, 5.41) is 7.45. The molecule has 0 unspecified atom stereocenters. The minimum Gasteiger partial charge on any atom is -0.465 e. The van der Waals surface area contributed by atoms with Crippen molar-refractivity contribution in [2.75, 3.05) is 12.4 Å². The number of aromatic nitrogens is 3. The van der Waals surface area contributed by atoms with Gasteiger partial charge in [-0.05, 0) is 48.5 Å². The fraction of sp³-hybridized carbons (Fsp3) is 0.0400. The summed E-state index contributed by atoms with van der Waals surface area (Å²) in [6, 6.07) is 20.0. The van der Waals surface area contributed by atoms with Crippen LogP contribution in [-0.2, 0) is 9.53 Å². The van der Waals surface area contributed by atoms with Crippen molar-refractivity contribution >= 4 is 23.6 Å². The van der Waals surface area contributed by atoms with Crippen molar-refractivity contribution in [3.05, 3.63) is 103 Å². The van der Waals surface area contributed by atoms with E-state index in [0.29, 0.717) is 16.9 Å². The Kier molecular flexibility index (Phi) is 6.17. The highest BCUT2D eigenvalue weighted by Crippen LogP contribution is 2.24. The molecule has 4 aromatic rings. The summed E-state index contributed by atoms with van der Waals surface area (Å²) in [6.07, 6.45) is 8.42. The van der Waals surface area contributed by atoms with Crippen LogP contribution in [0.5, 0.6) is 0 Å². The molecule has 1 amide bonds. The van der Waals surface area contributed by atoms with Gasteiger partial charge in [0.1, 0.15) is 5.69 Å². The first-order valence-corrected chi connectivity index (χ1v) is 9.87. The summed E-state index contributed by atoms with van der Waals surface area (Å²) in [6.45, 7) is 0. The number of rotatable bonds is 6. The second kappa shape index (κ2) is 9.53. The van der Waals surface area contributed by atoms with E-state index >= 15 is 0 Å². The molecular weight excluding hydrogens is 404 g/mol. The van der Waals surface area contributed by atoms with Gasteiger partial charge in [-0.25, -0.2) is 9.48 Å². The molecular formula is C25H20N4O3. The molecule has 0 bridgehead atoms. The lowest BCUT2D eigenvalue weighted by Crippen LogP contribution is -2.09. The number of benzene rings is 2. The molecule has 7 heteroatoms. The van der Waals surface area contributed by atoms with Crippen molar-refractivity contribution in [3.63, 3.8) is 0 Å². The second-order valence-corrected chi connectivity index (χ2v) is 6.85. The number of hydrogen-bond donors (Lipinski definition) is 1. The van der Waals surface area contributed by atoms with Crippen LogP contribution in [0.3, 0.4) is 0 Å². The molecule has 7 nitrogen and oxygen atoms in total. The highest BCUT2D eigenvalue weighted by Gasteiger charge is 2.11. The van der Waals surface area contributed by atoms with E-state index in [-0.39, 0.29) is 5.91 Å². The van der Waals surface area contributed by atoms with Gasteiger partial charge in [0.2, 0.25) is 5.91 Å². The number of pyridine rings is 1. The Hall–Kier alpha value is -4.52. The average molecular weight is 424 g/mol. The number of amides is 1. The third-order valence-electron chi connectivity index (χ3n) is 4.66. The van der Waals surface area contributed by atoms with Gasteiger partial charge in [0.25, 0.3) is 0 Å². The van der Waals surface area contributed by atoms with Crippen LogP contribution < -0.4 is 5.32 Å². The number of hydrogen-bond acceptors (Lipinski definition) is 5. The van der Waals surface area contributed by atoms with Crippen LogP contribution in [0.4, 0.5) is 5.69 Å².